The lowest BCUT2D eigenvalue weighted by Crippen LogP contribution is -2.41. The lowest BCUT2D eigenvalue weighted by atomic mass is 9.92. The molecule has 0 aliphatic carbocycles. The molecule has 0 saturated carbocycles. The zero-order valence-electron chi connectivity index (χ0n) is 14.2. The number of rotatable bonds is 6. The van der Waals surface area contributed by atoms with Gasteiger partial charge in [-0.3, -0.25) is 19.5 Å². The molecule has 140 valence electrons. The number of alkyl halides is 2. The number of imide groups is 1. The first-order chi connectivity index (χ1) is 12.8. The molecule has 0 bridgehead atoms. The molecular formula is C18H15F2N3O4. The summed E-state index contributed by atoms with van der Waals surface area (Å²) in [6, 6.07) is 7.75. The highest BCUT2D eigenvalue weighted by molar-refractivity contribution is 6.11. The Morgan fingerprint density at radius 2 is 1.96 bits per heavy atom. The van der Waals surface area contributed by atoms with Gasteiger partial charge in [-0.2, -0.15) is 8.78 Å². The molecule has 0 spiro atoms. The molecule has 1 N–H and O–H groups in total. The summed E-state index contributed by atoms with van der Waals surface area (Å²) in [5.74, 6) is -1.12. The third-order valence-corrected chi connectivity index (χ3v) is 4.22. The van der Waals surface area contributed by atoms with Crippen molar-refractivity contribution < 1.29 is 27.9 Å². The second-order valence-electron chi connectivity index (χ2n) is 6.01. The highest BCUT2D eigenvalue weighted by Gasteiger charge is 2.49. The number of hydrogen-bond acceptors (Lipinski definition) is 5. The van der Waals surface area contributed by atoms with E-state index in [1.807, 2.05) is 0 Å². The summed E-state index contributed by atoms with van der Waals surface area (Å²) < 4.78 is 28.8. The van der Waals surface area contributed by atoms with Gasteiger partial charge in [0.1, 0.15) is 11.3 Å². The van der Waals surface area contributed by atoms with Crippen LogP contribution in [0.25, 0.3) is 0 Å². The van der Waals surface area contributed by atoms with Crippen molar-refractivity contribution in [2.45, 2.75) is 19.1 Å². The number of aromatic nitrogens is 1. The maximum Gasteiger partial charge on any atom is 0.387 e. The van der Waals surface area contributed by atoms with Crippen LogP contribution < -0.4 is 10.1 Å². The normalized spacial score (nSPS) is 19.3. The predicted molar refractivity (Wildman–Crippen MR) is 89.2 cm³/mol. The highest BCUT2D eigenvalue weighted by atomic mass is 19.3. The van der Waals surface area contributed by atoms with E-state index in [0.717, 1.165) is 4.90 Å². The van der Waals surface area contributed by atoms with Crippen molar-refractivity contribution in [3.63, 3.8) is 0 Å². The van der Waals surface area contributed by atoms with Crippen LogP contribution in [0.4, 0.5) is 13.6 Å². The fourth-order valence-electron chi connectivity index (χ4n) is 2.77. The number of ether oxygens (including phenoxy) is 1. The molecule has 1 fully saturated rings. The van der Waals surface area contributed by atoms with E-state index in [4.69, 9.17) is 0 Å². The number of nitrogens with zero attached hydrogens (tertiary/aromatic N) is 2. The Morgan fingerprint density at radius 1 is 1.26 bits per heavy atom. The van der Waals surface area contributed by atoms with Gasteiger partial charge in [-0.25, -0.2) is 4.79 Å². The summed E-state index contributed by atoms with van der Waals surface area (Å²) in [4.78, 5) is 42.0. The van der Waals surface area contributed by atoms with Crippen molar-refractivity contribution >= 4 is 17.7 Å². The number of carbonyl (C=O) groups excluding carboxylic acids is 3. The Bertz CT molecular complexity index is 874. The quantitative estimate of drug-likeness (QED) is 0.618. The van der Waals surface area contributed by atoms with E-state index in [2.05, 4.69) is 15.0 Å². The molecule has 2 heterocycles. The molecular weight excluding hydrogens is 360 g/mol. The van der Waals surface area contributed by atoms with Crippen LogP contribution in [0.3, 0.4) is 0 Å². The van der Waals surface area contributed by atoms with Gasteiger partial charge in [-0.1, -0.05) is 12.1 Å². The summed E-state index contributed by atoms with van der Waals surface area (Å²) in [7, 11) is 0. The zero-order valence-corrected chi connectivity index (χ0v) is 14.2. The second kappa shape index (κ2) is 7.10. The first-order valence-corrected chi connectivity index (χ1v) is 7.94. The molecule has 1 aromatic carbocycles. The van der Waals surface area contributed by atoms with Crippen molar-refractivity contribution in [2.24, 2.45) is 0 Å². The monoisotopic (exact) mass is 375 g/mol. The number of nitrogens with one attached hydrogen (secondary N) is 1. The molecule has 1 saturated heterocycles. The molecule has 7 nitrogen and oxygen atoms in total. The Labute approximate surface area is 152 Å². The largest absolute Gasteiger partial charge is 0.435 e. The lowest BCUT2D eigenvalue weighted by molar-refractivity contribution is -0.130. The number of amides is 3. The van der Waals surface area contributed by atoms with Gasteiger partial charge in [0.05, 0.1) is 6.54 Å². The van der Waals surface area contributed by atoms with E-state index < -0.39 is 36.4 Å². The molecule has 1 atom stereocenters. The van der Waals surface area contributed by atoms with Crippen molar-refractivity contribution in [3.05, 3.63) is 59.9 Å². The van der Waals surface area contributed by atoms with E-state index in [1.165, 1.54) is 49.6 Å². The van der Waals surface area contributed by atoms with Crippen LogP contribution in [0, 0.1) is 0 Å². The standard InChI is InChI=1S/C18H15F2N3O4/c1-18(12-4-6-13(7-5-12)27-16(19)20)15(25)23(17(26)22-18)10-14(24)11-3-2-8-21-9-11/h2-9,16H,10H2,1H3,(H,22,26). The van der Waals surface area contributed by atoms with Gasteiger partial charge in [-0.05, 0) is 36.8 Å². The molecule has 2 aromatic rings. The van der Waals surface area contributed by atoms with Crippen molar-refractivity contribution in [1.29, 1.82) is 0 Å². The average molecular weight is 375 g/mol. The van der Waals surface area contributed by atoms with Gasteiger partial charge < -0.3 is 10.1 Å². The first kappa shape index (κ1) is 18.4. The minimum absolute atomic E-state index is 0.0715. The number of benzene rings is 1. The number of pyridine rings is 1. The summed E-state index contributed by atoms with van der Waals surface area (Å²) >= 11 is 0. The molecule has 1 unspecified atom stereocenters. The number of hydrogen-bond donors (Lipinski definition) is 1. The molecule has 1 aliphatic rings. The molecule has 0 radical (unpaired) electrons. The summed E-state index contributed by atoms with van der Waals surface area (Å²) in [5.41, 5.74) is -0.769. The maximum atomic E-state index is 12.8. The third kappa shape index (κ3) is 3.62. The van der Waals surface area contributed by atoms with E-state index in [9.17, 15) is 23.2 Å². The fourth-order valence-corrected chi connectivity index (χ4v) is 2.77. The fraction of sp³-hybridized carbons (Fsp3) is 0.222. The minimum atomic E-state index is -2.96. The third-order valence-electron chi connectivity index (χ3n) is 4.22. The van der Waals surface area contributed by atoms with E-state index in [0.29, 0.717) is 5.56 Å². The van der Waals surface area contributed by atoms with Gasteiger partial charge in [0.25, 0.3) is 5.91 Å². The maximum absolute atomic E-state index is 12.8. The summed E-state index contributed by atoms with van der Waals surface area (Å²) in [5, 5.41) is 2.54. The summed E-state index contributed by atoms with van der Waals surface area (Å²) in [6.07, 6.45) is 2.85. The molecule has 3 amide bonds. The van der Waals surface area contributed by atoms with Crippen LogP contribution in [-0.2, 0) is 10.3 Å². The Balaban J connectivity index is 1.79. The van der Waals surface area contributed by atoms with E-state index in [-0.39, 0.29) is 11.3 Å². The Kier molecular flexibility index (Phi) is 4.85. The number of carbonyl (C=O) groups is 3. The number of ketones is 1. The Morgan fingerprint density at radius 3 is 2.56 bits per heavy atom. The van der Waals surface area contributed by atoms with Crippen LogP contribution in [0.2, 0.25) is 0 Å². The molecule has 27 heavy (non-hydrogen) atoms. The van der Waals surface area contributed by atoms with Crippen molar-refractivity contribution in [1.82, 2.24) is 15.2 Å². The second-order valence-corrected chi connectivity index (χ2v) is 6.01. The molecule has 1 aliphatic heterocycles. The molecule has 9 heteroatoms. The van der Waals surface area contributed by atoms with Crippen LogP contribution in [-0.4, -0.2) is 40.8 Å². The van der Waals surface area contributed by atoms with E-state index >= 15 is 0 Å². The number of urea groups is 1. The Hall–Kier alpha value is -3.36. The smallest absolute Gasteiger partial charge is 0.387 e. The van der Waals surface area contributed by atoms with Crippen LogP contribution in [0.5, 0.6) is 5.75 Å². The molecule has 3 rings (SSSR count). The summed E-state index contributed by atoms with van der Waals surface area (Å²) in [6.45, 7) is -1.92. The SMILES string of the molecule is CC1(c2ccc(OC(F)F)cc2)NC(=O)N(CC(=O)c2cccnc2)C1=O. The van der Waals surface area contributed by atoms with Gasteiger partial charge in [0, 0.05) is 18.0 Å². The zero-order chi connectivity index (χ0) is 19.6. The van der Waals surface area contributed by atoms with Crippen LogP contribution in [0.15, 0.2) is 48.8 Å². The highest BCUT2D eigenvalue weighted by Crippen LogP contribution is 2.30. The van der Waals surface area contributed by atoms with Crippen molar-refractivity contribution in [2.75, 3.05) is 6.54 Å². The van der Waals surface area contributed by atoms with Crippen molar-refractivity contribution in [3.8, 4) is 5.75 Å². The minimum Gasteiger partial charge on any atom is -0.435 e. The number of halogens is 2. The average Bonchev–Trinajstić information content (AvgIpc) is 2.86. The predicted octanol–water partition coefficient (Wildman–Crippen LogP) is 2.33. The van der Waals surface area contributed by atoms with Gasteiger partial charge in [0.15, 0.2) is 5.78 Å². The topological polar surface area (TPSA) is 88.6 Å². The van der Waals surface area contributed by atoms with Gasteiger partial charge in [-0.15, -0.1) is 0 Å². The first-order valence-electron chi connectivity index (χ1n) is 7.94. The lowest BCUT2D eigenvalue weighted by Gasteiger charge is -2.22. The van der Waals surface area contributed by atoms with Crippen LogP contribution in [0.1, 0.15) is 22.8 Å². The number of Topliss-reactive ketones (excluding diaryl/α,β-unsaturated/α-hetero) is 1. The van der Waals surface area contributed by atoms with Crippen LogP contribution >= 0.6 is 0 Å². The van der Waals surface area contributed by atoms with E-state index in [1.54, 1.807) is 6.07 Å². The van der Waals surface area contributed by atoms with Gasteiger partial charge >= 0.3 is 12.6 Å². The molecule has 1 aromatic heterocycles. The van der Waals surface area contributed by atoms with Gasteiger partial charge in [0.2, 0.25) is 0 Å².